The van der Waals surface area contributed by atoms with Crippen molar-refractivity contribution in [2.24, 2.45) is 0 Å². The van der Waals surface area contributed by atoms with E-state index in [0.717, 1.165) is 19.6 Å². The Morgan fingerprint density at radius 1 is 1.17 bits per heavy atom. The van der Waals surface area contributed by atoms with Gasteiger partial charge in [0.05, 0.1) is 20.3 Å². The first-order valence-electron chi connectivity index (χ1n) is 6.21. The monoisotopic (exact) mass is 262 g/mol. The van der Waals surface area contributed by atoms with E-state index in [1.54, 1.807) is 14.2 Å². The number of hydrogen-bond donors (Lipinski definition) is 1. The number of methoxy groups -OCH3 is 3. The van der Waals surface area contributed by atoms with Crippen molar-refractivity contribution in [2.45, 2.75) is 13.0 Å². The molecule has 0 radical (unpaired) electrons. The van der Waals surface area contributed by atoms with Gasteiger partial charge in [-0.1, -0.05) is 6.92 Å². The van der Waals surface area contributed by atoms with Gasteiger partial charge in [0.25, 0.3) is 0 Å². The molecule has 1 unspecified atom stereocenters. The largest absolute Gasteiger partial charge is 0.468 e. The van der Waals surface area contributed by atoms with E-state index in [-0.39, 0.29) is 12.0 Å². The van der Waals surface area contributed by atoms with Crippen molar-refractivity contribution >= 4 is 5.97 Å². The molecule has 0 aliphatic carbocycles. The van der Waals surface area contributed by atoms with Gasteiger partial charge in [0.1, 0.15) is 6.04 Å². The molecular weight excluding hydrogens is 236 g/mol. The van der Waals surface area contributed by atoms with Gasteiger partial charge in [-0.05, 0) is 6.54 Å². The first kappa shape index (κ1) is 17.3. The molecule has 6 heteroatoms. The summed E-state index contributed by atoms with van der Waals surface area (Å²) < 4.78 is 14.9. The Labute approximate surface area is 110 Å². The number of carbonyl (C=O) groups is 1. The van der Waals surface area contributed by atoms with Crippen LogP contribution in [0.1, 0.15) is 6.92 Å². The van der Waals surface area contributed by atoms with Gasteiger partial charge >= 0.3 is 5.97 Å². The number of carbonyl (C=O) groups excluding carboxylic acids is 1. The Bertz CT molecular complexity index is 206. The normalized spacial score (nSPS) is 12.7. The predicted octanol–water partition coefficient (Wildman–Crippen LogP) is -0.268. The van der Waals surface area contributed by atoms with Crippen molar-refractivity contribution in [3.05, 3.63) is 0 Å². The van der Waals surface area contributed by atoms with Gasteiger partial charge < -0.3 is 19.5 Å². The highest BCUT2D eigenvalue weighted by Gasteiger charge is 2.21. The molecule has 0 aliphatic heterocycles. The second-order valence-electron chi connectivity index (χ2n) is 3.92. The smallest absolute Gasteiger partial charge is 0.324 e. The minimum absolute atomic E-state index is 0.239. The Hall–Kier alpha value is -0.690. The lowest BCUT2D eigenvalue weighted by molar-refractivity contribution is -0.143. The molecule has 18 heavy (non-hydrogen) atoms. The van der Waals surface area contributed by atoms with Crippen molar-refractivity contribution in [1.29, 1.82) is 0 Å². The summed E-state index contributed by atoms with van der Waals surface area (Å²) >= 11 is 0. The van der Waals surface area contributed by atoms with Crippen LogP contribution >= 0.6 is 0 Å². The van der Waals surface area contributed by atoms with Gasteiger partial charge in [-0.3, -0.25) is 9.69 Å². The van der Waals surface area contributed by atoms with Gasteiger partial charge in [-0.25, -0.2) is 0 Å². The van der Waals surface area contributed by atoms with E-state index in [1.165, 1.54) is 7.11 Å². The molecule has 0 spiro atoms. The first-order chi connectivity index (χ1) is 8.69. The number of hydrogen-bond acceptors (Lipinski definition) is 6. The van der Waals surface area contributed by atoms with Crippen molar-refractivity contribution in [1.82, 2.24) is 10.2 Å². The standard InChI is InChI=1S/C12H26N2O4/c1-5-13-11(12(15)18-4)10-14(6-8-16-2)7-9-17-3/h11,13H,5-10H2,1-4H3. The summed E-state index contributed by atoms with van der Waals surface area (Å²) in [5, 5.41) is 3.12. The van der Waals surface area contributed by atoms with Crippen LogP contribution in [-0.4, -0.2) is 77.6 Å². The molecule has 0 aromatic rings. The molecule has 0 saturated heterocycles. The third-order valence-corrected chi connectivity index (χ3v) is 2.60. The van der Waals surface area contributed by atoms with Crippen molar-refractivity contribution in [2.75, 3.05) is 60.7 Å². The number of rotatable bonds is 11. The van der Waals surface area contributed by atoms with Gasteiger partial charge in [0.15, 0.2) is 0 Å². The lowest BCUT2D eigenvalue weighted by Gasteiger charge is -2.26. The highest BCUT2D eigenvalue weighted by atomic mass is 16.5. The molecule has 0 aliphatic rings. The summed E-state index contributed by atoms with van der Waals surface area (Å²) in [5.74, 6) is -0.239. The maximum Gasteiger partial charge on any atom is 0.324 e. The summed E-state index contributed by atoms with van der Waals surface area (Å²) in [7, 11) is 4.73. The average molecular weight is 262 g/mol. The fourth-order valence-electron chi connectivity index (χ4n) is 1.60. The maximum absolute atomic E-state index is 11.6. The number of nitrogens with one attached hydrogen (secondary N) is 1. The quantitative estimate of drug-likeness (QED) is 0.517. The minimum atomic E-state index is -0.311. The summed E-state index contributed by atoms with van der Waals surface area (Å²) in [6.45, 7) is 6.06. The van der Waals surface area contributed by atoms with E-state index >= 15 is 0 Å². The van der Waals surface area contributed by atoms with Crippen molar-refractivity contribution < 1.29 is 19.0 Å². The molecule has 108 valence electrons. The second-order valence-corrected chi connectivity index (χ2v) is 3.92. The maximum atomic E-state index is 11.6. The fraction of sp³-hybridized carbons (Fsp3) is 0.917. The topological polar surface area (TPSA) is 60.0 Å². The molecule has 0 aromatic carbocycles. The van der Waals surface area contributed by atoms with Gasteiger partial charge in [0, 0.05) is 33.9 Å². The number of likely N-dealkylation sites (N-methyl/N-ethyl adjacent to an activating group) is 1. The molecule has 6 nitrogen and oxygen atoms in total. The third kappa shape index (κ3) is 7.60. The molecule has 0 amide bonds. The van der Waals surface area contributed by atoms with E-state index in [0.29, 0.717) is 19.8 Å². The van der Waals surface area contributed by atoms with E-state index in [1.807, 2.05) is 6.92 Å². The van der Waals surface area contributed by atoms with E-state index in [9.17, 15) is 4.79 Å². The average Bonchev–Trinajstić information content (AvgIpc) is 2.39. The molecule has 0 bridgehead atoms. The fourth-order valence-corrected chi connectivity index (χ4v) is 1.60. The zero-order valence-electron chi connectivity index (χ0n) is 11.9. The lowest BCUT2D eigenvalue weighted by atomic mass is 10.2. The molecule has 1 N–H and O–H groups in total. The molecule has 0 rings (SSSR count). The van der Waals surface area contributed by atoms with Crippen molar-refractivity contribution in [3.63, 3.8) is 0 Å². The van der Waals surface area contributed by atoms with Crippen LogP contribution in [0.2, 0.25) is 0 Å². The van der Waals surface area contributed by atoms with Crippen LogP contribution in [0.25, 0.3) is 0 Å². The Morgan fingerprint density at radius 3 is 2.11 bits per heavy atom. The van der Waals surface area contributed by atoms with Gasteiger partial charge in [-0.2, -0.15) is 0 Å². The van der Waals surface area contributed by atoms with Crippen LogP contribution in [0, 0.1) is 0 Å². The van der Waals surface area contributed by atoms with E-state index < -0.39 is 0 Å². The first-order valence-corrected chi connectivity index (χ1v) is 6.21. The molecule has 0 fully saturated rings. The lowest BCUT2D eigenvalue weighted by Crippen LogP contribution is -2.48. The van der Waals surface area contributed by atoms with E-state index in [2.05, 4.69) is 10.2 Å². The van der Waals surface area contributed by atoms with Crippen LogP contribution in [0.3, 0.4) is 0 Å². The zero-order chi connectivity index (χ0) is 13.8. The van der Waals surface area contributed by atoms with Crippen LogP contribution in [-0.2, 0) is 19.0 Å². The minimum Gasteiger partial charge on any atom is -0.468 e. The summed E-state index contributed by atoms with van der Waals surface area (Å²) in [6.07, 6.45) is 0. The summed E-state index contributed by atoms with van der Waals surface area (Å²) in [5.41, 5.74) is 0. The molecule has 0 aromatic heterocycles. The van der Waals surface area contributed by atoms with Crippen molar-refractivity contribution in [3.8, 4) is 0 Å². The SMILES string of the molecule is CCNC(CN(CCOC)CCOC)C(=O)OC. The van der Waals surface area contributed by atoms with Crippen LogP contribution < -0.4 is 5.32 Å². The Kier molecular flexibility index (Phi) is 11.0. The second kappa shape index (κ2) is 11.4. The van der Waals surface area contributed by atoms with Crippen LogP contribution in [0.15, 0.2) is 0 Å². The van der Waals surface area contributed by atoms with Gasteiger partial charge in [-0.15, -0.1) is 0 Å². The number of esters is 1. The summed E-state index contributed by atoms with van der Waals surface area (Å²) in [4.78, 5) is 13.7. The number of ether oxygens (including phenoxy) is 3. The zero-order valence-corrected chi connectivity index (χ0v) is 11.9. The highest BCUT2D eigenvalue weighted by Crippen LogP contribution is 1.96. The third-order valence-electron chi connectivity index (χ3n) is 2.60. The molecule has 1 atom stereocenters. The highest BCUT2D eigenvalue weighted by molar-refractivity contribution is 5.75. The predicted molar refractivity (Wildman–Crippen MR) is 69.7 cm³/mol. The van der Waals surface area contributed by atoms with Gasteiger partial charge in [0.2, 0.25) is 0 Å². The molecule has 0 heterocycles. The summed E-state index contributed by atoms with van der Waals surface area (Å²) in [6, 6.07) is -0.311. The molecule has 0 saturated carbocycles. The Balaban J connectivity index is 4.31. The van der Waals surface area contributed by atoms with E-state index in [4.69, 9.17) is 14.2 Å². The number of nitrogens with zero attached hydrogens (tertiary/aromatic N) is 1. The van der Waals surface area contributed by atoms with Crippen LogP contribution in [0.4, 0.5) is 0 Å². The molecular formula is C12H26N2O4. The Morgan fingerprint density at radius 2 is 1.72 bits per heavy atom. The van der Waals surface area contributed by atoms with Crippen LogP contribution in [0.5, 0.6) is 0 Å².